The van der Waals surface area contributed by atoms with Gasteiger partial charge in [-0.05, 0) is 53.9 Å². The monoisotopic (exact) mass is 443 g/mol. The Morgan fingerprint density at radius 1 is 1.13 bits per heavy atom. The van der Waals surface area contributed by atoms with E-state index in [1.54, 1.807) is 18.2 Å². The number of hydrogen-bond donors (Lipinski definition) is 3. The molecular formula is C20H17N3O5S2. The Morgan fingerprint density at radius 2 is 1.93 bits per heavy atom. The Balaban J connectivity index is 1.43. The van der Waals surface area contributed by atoms with Gasteiger partial charge in [0, 0.05) is 22.7 Å². The molecule has 2 heterocycles. The van der Waals surface area contributed by atoms with E-state index in [-0.39, 0.29) is 24.0 Å². The lowest BCUT2D eigenvalue weighted by Gasteiger charge is -2.18. The van der Waals surface area contributed by atoms with Gasteiger partial charge in [0.2, 0.25) is 10.0 Å². The van der Waals surface area contributed by atoms with Gasteiger partial charge in [0.05, 0.1) is 10.6 Å². The SMILES string of the molecule is O=C1COc2ccc(NC(=O)c3ccc(S(=O)(=O)NCc4cccs4)cc3)cc2N1. The molecule has 0 saturated carbocycles. The normalized spacial score (nSPS) is 13.1. The summed E-state index contributed by atoms with van der Waals surface area (Å²) in [5, 5.41) is 7.26. The maximum atomic E-state index is 12.5. The van der Waals surface area contributed by atoms with E-state index >= 15 is 0 Å². The average molecular weight is 444 g/mol. The smallest absolute Gasteiger partial charge is 0.262 e. The molecule has 3 N–H and O–H groups in total. The van der Waals surface area contributed by atoms with Crippen LogP contribution < -0.4 is 20.1 Å². The molecule has 0 radical (unpaired) electrons. The van der Waals surface area contributed by atoms with Gasteiger partial charge in [0.15, 0.2) is 6.61 Å². The highest BCUT2D eigenvalue weighted by Crippen LogP contribution is 2.30. The highest BCUT2D eigenvalue weighted by Gasteiger charge is 2.18. The van der Waals surface area contributed by atoms with Crippen LogP contribution in [0.15, 0.2) is 64.9 Å². The van der Waals surface area contributed by atoms with E-state index in [2.05, 4.69) is 15.4 Å². The van der Waals surface area contributed by atoms with Crippen molar-refractivity contribution in [3.05, 3.63) is 70.4 Å². The molecule has 10 heteroatoms. The van der Waals surface area contributed by atoms with Crippen molar-refractivity contribution in [3.8, 4) is 5.75 Å². The lowest BCUT2D eigenvalue weighted by atomic mass is 10.2. The van der Waals surface area contributed by atoms with Crippen LogP contribution in [0.1, 0.15) is 15.2 Å². The van der Waals surface area contributed by atoms with E-state index in [0.29, 0.717) is 22.7 Å². The van der Waals surface area contributed by atoms with Crippen LogP contribution in [0.3, 0.4) is 0 Å². The molecule has 2 amide bonds. The van der Waals surface area contributed by atoms with Crippen LogP contribution in [0.5, 0.6) is 5.75 Å². The first kappa shape index (κ1) is 20.1. The predicted molar refractivity (Wildman–Crippen MR) is 113 cm³/mol. The fraction of sp³-hybridized carbons (Fsp3) is 0.100. The third-order valence-corrected chi connectivity index (χ3v) is 6.61. The maximum Gasteiger partial charge on any atom is 0.262 e. The van der Waals surface area contributed by atoms with Crippen molar-refractivity contribution in [1.82, 2.24) is 4.72 Å². The van der Waals surface area contributed by atoms with Crippen LogP contribution in [-0.2, 0) is 21.4 Å². The number of carbonyl (C=O) groups is 2. The molecule has 0 aliphatic carbocycles. The fourth-order valence-electron chi connectivity index (χ4n) is 2.81. The molecule has 0 saturated heterocycles. The van der Waals surface area contributed by atoms with Crippen LogP contribution in [0, 0.1) is 0 Å². The molecule has 1 aliphatic rings. The highest BCUT2D eigenvalue weighted by molar-refractivity contribution is 7.89. The zero-order valence-electron chi connectivity index (χ0n) is 15.5. The number of sulfonamides is 1. The second-order valence-electron chi connectivity index (χ2n) is 6.43. The second-order valence-corrected chi connectivity index (χ2v) is 9.23. The molecule has 0 spiro atoms. The van der Waals surface area contributed by atoms with Crippen molar-refractivity contribution < 1.29 is 22.7 Å². The standard InChI is InChI=1S/C20H17N3O5S2/c24-19-12-28-18-8-5-14(10-17(18)23-19)22-20(25)13-3-6-16(7-4-13)30(26,27)21-11-15-2-1-9-29-15/h1-10,21H,11-12H2,(H,22,25)(H,23,24). The molecule has 3 aromatic rings. The molecule has 1 aromatic heterocycles. The van der Waals surface area contributed by atoms with Crippen LogP contribution in [-0.4, -0.2) is 26.8 Å². The first-order valence-corrected chi connectivity index (χ1v) is 11.3. The number of nitrogens with one attached hydrogen (secondary N) is 3. The van der Waals surface area contributed by atoms with Gasteiger partial charge in [-0.1, -0.05) is 6.07 Å². The quantitative estimate of drug-likeness (QED) is 0.542. The molecule has 0 unspecified atom stereocenters. The van der Waals surface area contributed by atoms with Gasteiger partial charge in [-0.3, -0.25) is 9.59 Å². The van der Waals surface area contributed by atoms with E-state index in [0.717, 1.165) is 4.88 Å². The summed E-state index contributed by atoms with van der Waals surface area (Å²) < 4.78 is 32.6. The Kier molecular flexibility index (Phi) is 5.53. The number of hydrogen-bond acceptors (Lipinski definition) is 6. The van der Waals surface area contributed by atoms with Crippen LogP contribution >= 0.6 is 11.3 Å². The van der Waals surface area contributed by atoms with Crippen molar-refractivity contribution >= 4 is 44.5 Å². The van der Waals surface area contributed by atoms with Crippen molar-refractivity contribution in [2.75, 3.05) is 17.2 Å². The number of carbonyl (C=O) groups excluding carboxylic acids is 2. The zero-order valence-corrected chi connectivity index (χ0v) is 17.2. The summed E-state index contributed by atoms with van der Waals surface area (Å²) >= 11 is 1.46. The molecule has 8 nitrogen and oxygen atoms in total. The predicted octanol–water partition coefficient (Wildman–Crippen LogP) is 2.81. The van der Waals surface area contributed by atoms with Gasteiger partial charge in [0.25, 0.3) is 11.8 Å². The summed E-state index contributed by atoms with van der Waals surface area (Å²) in [7, 11) is -3.68. The number of anilines is 2. The molecular weight excluding hydrogens is 426 g/mol. The minimum absolute atomic E-state index is 0.0455. The number of thiophene rings is 1. The first-order chi connectivity index (χ1) is 14.4. The van der Waals surface area contributed by atoms with Crippen molar-refractivity contribution in [2.45, 2.75) is 11.4 Å². The summed E-state index contributed by atoms with van der Waals surface area (Å²) in [5.41, 5.74) is 1.24. The number of rotatable bonds is 6. The van der Waals surface area contributed by atoms with E-state index in [9.17, 15) is 18.0 Å². The lowest BCUT2D eigenvalue weighted by Crippen LogP contribution is -2.25. The Bertz CT molecular complexity index is 1190. The van der Waals surface area contributed by atoms with E-state index in [4.69, 9.17) is 4.74 Å². The third kappa shape index (κ3) is 4.51. The third-order valence-electron chi connectivity index (χ3n) is 4.31. The van der Waals surface area contributed by atoms with E-state index in [1.807, 2.05) is 17.5 Å². The minimum atomic E-state index is -3.68. The summed E-state index contributed by atoms with van der Waals surface area (Å²) in [4.78, 5) is 24.9. The second kappa shape index (κ2) is 8.27. The molecule has 30 heavy (non-hydrogen) atoms. The van der Waals surface area contributed by atoms with Gasteiger partial charge in [-0.25, -0.2) is 13.1 Å². The molecule has 154 valence electrons. The minimum Gasteiger partial charge on any atom is -0.482 e. The first-order valence-electron chi connectivity index (χ1n) is 8.91. The zero-order chi connectivity index (χ0) is 21.1. The Morgan fingerprint density at radius 3 is 2.67 bits per heavy atom. The molecule has 0 fully saturated rings. The summed E-state index contributed by atoms with van der Waals surface area (Å²) in [6.07, 6.45) is 0. The maximum absolute atomic E-state index is 12.5. The van der Waals surface area contributed by atoms with Crippen LogP contribution in [0.2, 0.25) is 0 Å². The van der Waals surface area contributed by atoms with Gasteiger partial charge in [-0.2, -0.15) is 0 Å². The van der Waals surface area contributed by atoms with Crippen LogP contribution in [0.25, 0.3) is 0 Å². The molecule has 2 aromatic carbocycles. The van der Waals surface area contributed by atoms with Gasteiger partial charge >= 0.3 is 0 Å². The lowest BCUT2D eigenvalue weighted by molar-refractivity contribution is -0.118. The number of benzene rings is 2. The number of ether oxygens (including phenoxy) is 1. The molecule has 4 rings (SSSR count). The molecule has 0 bridgehead atoms. The summed E-state index contributed by atoms with van der Waals surface area (Å²) in [6.45, 7) is 0.164. The topological polar surface area (TPSA) is 114 Å². The van der Waals surface area contributed by atoms with E-state index < -0.39 is 15.9 Å². The Hall–Kier alpha value is -3.21. The molecule has 1 aliphatic heterocycles. The highest BCUT2D eigenvalue weighted by atomic mass is 32.2. The van der Waals surface area contributed by atoms with Gasteiger partial charge in [-0.15, -0.1) is 11.3 Å². The number of fused-ring (bicyclic) bond motifs is 1. The molecule has 0 atom stereocenters. The average Bonchev–Trinajstić information content (AvgIpc) is 3.26. The number of amides is 2. The van der Waals surface area contributed by atoms with E-state index in [1.165, 1.54) is 35.6 Å². The largest absolute Gasteiger partial charge is 0.482 e. The summed E-state index contributed by atoms with van der Waals surface area (Å²) in [5.74, 6) is -0.152. The van der Waals surface area contributed by atoms with Crippen molar-refractivity contribution in [3.63, 3.8) is 0 Å². The Labute approximate surface area is 176 Å². The summed E-state index contributed by atoms with van der Waals surface area (Å²) in [6, 6.07) is 14.2. The van der Waals surface area contributed by atoms with Crippen molar-refractivity contribution in [2.24, 2.45) is 0 Å². The van der Waals surface area contributed by atoms with Gasteiger partial charge in [0.1, 0.15) is 5.75 Å². The van der Waals surface area contributed by atoms with Gasteiger partial charge < -0.3 is 15.4 Å². The fourth-order valence-corrected chi connectivity index (χ4v) is 4.55. The van der Waals surface area contributed by atoms with Crippen LogP contribution in [0.4, 0.5) is 11.4 Å². The van der Waals surface area contributed by atoms with Crippen molar-refractivity contribution in [1.29, 1.82) is 0 Å².